The lowest BCUT2D eigenvalue weighted by Gasteiger charge is -2.40. The number of nitrogens with one attached hydrogen (secondary N) is 1. The Kier molecular flexibility index (Phi) is 4.55. The van der Waals surface area contributed by atoms with E-state index in [0.717, 1.165) is 24.6 Å². The molecule has 6 nitrogen and oxygen atoms in total. The number of rotatable bonds is 5. The van der Waals surface area contributed by atoms with Crippen LogP contribution in [0.5, 0.6) is 0 Å². The van der Waals surface area contributed by atoms with E-state index in [-0.39, 0.29) is 0 Å². The molecule has 3 N–H and O–H groups in total. The van der Waals surface area contributed by atoms with Gasteiger partial charge in [0.2, 0.25) is 5.95 Å². The minimum absolute atomic E-state index is 0.336. The summed E-state index contributed by atoms with van der Waals surface area (Å²) in [6.07, 6.45) is 6.62. The number of likely N-dealkylation sites (N-methyl/N-ethyl adjacent to an activating group) is 1. The van der Waals surface area contributed by atoms with E-state index < -0.39 is 0 Å². The highest BCUT2D eigenvalue weighted by molar-refractivity contribution is 5.46. The molecule has 0 atom stereocenters. The van der Waals surface area contributed by atoms with E-state index in [0.29, 0.717) is 24.7 Å². The molecule has 1 saturated carbocycles. The van der Waals surface area contributed by atoms with Crippen molar-refractivity contribution in [1.82, 2.24) is 15.3 Å². The zero-order valence-corrected chi connectivity index (χ0v) is 12.7. The fourth-order valence-electron chi connectivity index (χ4n) is 3.02. The van der Waals surface area contributed by atoms with Crippen molar-refractivity contribution in [2.24, 2.45) is 0 Å². The number of anilines is 2. The first-order valence-electron chi connectivity index (χ1n) is 7.92. The molecule has 0 unspecified atom stereocenters. The van der Waals surface area contributed by atoms with Crippen LogP contribution in [0, 0.1) is 0 Å². The summed E-state index contributed by atoms with van der Waals surface area (Å²) >= 11 is 0. The largest absolute Gasteiger partial charge is 0.372 e. The SMILES string of the molecule is CNC1CN(c2cc(COC3CCCCC3)nc(N)n2)C1. The summed E-state index contributed by atoms with van der Waals surface area (Å²) in [5, 5.41) is 3.26. The Morgan fingerprint density at radius 1 is 1.29 bits per heavy atom. The summed E-state index contributed by atoms with van der Waals surface area (Å²) in [5.41, 5.74) is 6.72. The summed E-state index contributed by atoms with van der Waals surface area (Å²) < 4.78 is 5.98. The quantitative estimate of drug-likeness (QED) is 0.852. The van der Waals surface area contributed by atoms with Crippen molar-refractivity contribution >= 4 is 11.8 Å². The maximum Gasteiger partial charge on any atom is 0.222 e. The lowest BCUT2D eigenvalue weighted by Crippen LogP contribution is -2.57. The van der Waals surface area contributed by atoms with Gasteiger partial charge in [-0.15, -0.1) is 0 Å². The van der Waals surface area contributed by atoms with Crippen LogP contribution in [0.15, 0.2) is 6.07 Å². The number of hydrogen-bond acceptors (Lipinski definition) is 6. The van der Waals surface area contributed by atoms with Crippen molar-refractivity contribution in [2.45, 2.75) is 50.9 Å². The smallest absolute Gasteiger partial charge is 0.222 e. The van der Waals surface area contributed by atoms with Gasteiger partial charge in [-0.3, -0.25) is 0 Å². The van der Waals surface area contributed by atoms with Gasteiger partial charge in [0, 0.05) is 25.2 Å². The number of nitrogens with two attached hydrogens (primary N) is 1. The fourth-order valence-corrected chi connectivity index (χ4v) is 3.02. The third-order valence-corrected chi connectivity index (χ3v) is 4.42. The Bertz CT molecular complexity index is 469. The number of ether oxygens (including phenoxy) is 1. The van der Waals surface area contributed by atoms with Gasteiger partial charge in [-0.2, -0.15) is 4.98 Å². The van der Waals surface area contributed by atoms with Crippen LogP contribution in [-0.4, -0.2) is 42.3 Å². The molecule has 0 radical (unpaired) electrons. The van der Waals surface area contributed by atoms with Gasteiger partial charge in [0.1, 0.15) is 5.82 Å². The summed E-state index contributed by atoms with van der Waals surface area (Å²) in [7, 11) is 1.99. The zero-order valence-electron chi connectivity index (χ0n) is 12.7. The van der Waals surface area contributed by atoms with Crippen LogP contribution in [0.25, 0.3) is 0 Å². The van der Waals surface area contributed by atoms with Crippen LogP contribution < -0.4 is 16.0 Å². The molecule has 116 valence electrons. The molecule has 1 aliphatic heterocycles. The number of aromatic nitrogens is 2. The van der Waals surface area contributed by atoms with Crippen molar-refractivity contribution < 1.29 is 4.74 Å². The molecule has 0 aromatic carbocycles. The van der Waals surface area contributed by atoms with Crippen molar-refractivity contribution in [3.8, 4) is 0 Å². The standard InChI is InChI=1S/C15H25N5O/c1-17-12-8-20(9-12)14-7-11(18-15(16)19-14)10-21-13-5-3-2-4-6-13/h7,12-13,17H,2-6,8-10H2,1H3,(H2,16,18,19). The van der Waals surface area contributed by atoms with E-state index in [4.69, 9.17) is 10.5 Å². The third kappa shape index (κ3) is 3.63. The molecule has 0 spiro atoms. The lowest BCUT2D eigenvalue weighted by atomic mass is 9.98. The van der Waals surface area contributed by atoms with Crippen LogP contribution in [0.2, 0.25) is 0 Å². The van der Waals surface area contributed by atoms with Crippen LogP contribution in [0.1, 0.15) is 37.8 Å². The van der Waals surface area contributed by atoms with Gasteiger partial charge in [0.05, 0.1) is 18.4 Å². The Balaban J connectivity index is 1.58. The fraction of sp³-hybridized carbons (Fsp3) is 0.733. The Morgan fingerprint density at radius 3 is 2.76 bits per heavy atom. The normalized spacial score (nSPS) is 20.5. The average Bonchev–Trinajstić information content (AvgIpc) is 2.45. The molecule has 1 aliphatic carbocycles. The first kappa shape index (κ1) is 14.5. The van der Waals surface area contributed by atoms with E-state index in [9.17, 15) is 0 Å². The summed E-state index contributed by atoms with van der Waals surface area (Å²) in [4.78, 5) is 10.8. The minimum atomic E-state index is 0.336. The number of nitrogen functional groups attached to an aromatic ring is 1. The van der Waals surface area contributed by atoms with Crippen molar-refractivity contribution in [3.63, 3.8) is 0 Å². The molecule has 6 heteroatoms. The van der Waals surface area contributed by atoms with Crippen LogP contribution in [0.3, 0.4) is 0 Å². The molecule has 2 heterocycles. The molecule has 2 aliphatic rings. The average molecular weight is 291 g/mol. The van der Waals surface area contributed by atoms with Crippen LogP contribution in [-0.2, 0) is 11.3 Å². The van der Waals surface area contributed by atoms with E-state index in [2.05, 4.69) is 20.2 Å². The van der Waals surface area contributed by atoms with Gasteiger partial charge in [-0.1, -0.05) is 19.3 Å². The second kappa shape index (κ2) is 6.58. The highest BCUT2D eigenvalue weighted by Gasteiger charge is 2.26. The van der Waals surface area contributed by atoms with E-state index in [1.54, 1.807) is 0 Å². The monoisotopic (exact) mass is 291 g/mol. The number of hydrogen-bond donors (Lipinski definition) is 2. The molecular weight excluding hydrogens is 266 g/mol. The Morgan fingerprint density at radius 2 is 2.05 bits per heavy atom. The summed E-state index contributed by atoms with van der Waals surface area (Å²) in [5.74, 6) is 1.25. The van der Waals surface area contributed by atoms with E-state index >= 15 is 0 Å². The van der Waals surface area contributed by atoms with Crippen molar-refractivity contribution in [2.75, 3.05) is 30.8 Å². The molecule has 21 heavy (non-hydrogen) atoms. The minimum Gasteiger partial charge on any atom is -0.372 e. The van der Waals surface area contributed by atoms with Crippen molar-refractivity contribution in [3.05, 3.63) is 11.8 Å². The first-order valence-corrected chi connectivity index (χ1v) is 7.92. The van der Waals surface area contributed by atoms with Gasteiger partial charge in [0.15, 0.2) is 0 Å². The molecule has 1 aromatic rings. The van der Waals surface area contributed by atoms with Gasteiger partial charge in [-0.05, 0) is 19.9 Å². The van der Waals surface area contributed by atoms with E-state index in [1.165, 1.54) is 32.1 Å². The van der Waals surface area contributed by atoms with E-state index in [1.807, 2.05) is 13.1 Å². The predicted molar refractivity (Wildman–Crippen MR) is 83.2 cm³/mol. The molecule has 0 bridgehead atoms. The molecule has 0 amide bonds. The zero-order chi connectivity index (χ0) is 14.7. The number of nitrogens with zero attached hydrogens (tertiary/aromatic N) is 3. The molecule has 3 rings (SSSR count). The van der Waals surface area contributed by atoms with Gasteiger partial charge in [-0.25, -0.2) is 4.98 Å². The maximum absolute atomic E-state index is 5.98. The topological polar surface area (TPSA) is 76.3 Å². The molecule has 1 aromatic heterocycles. The molecule has 1 saturated heterocycles. The van der Waals surface area contributed by atoms with Crippen LogP contribution >= 0.6 is 0 Å². The maximum atomic E-state index is 5.98. The second-order valence-electron chi connectivity index (χ2n) is 6.04. The first-order chi connectivity index (χ1) is 10.2. The summed E-state index contributed by atoms with van der Waals surface area (Å²) in [6.45, 7) is 2.47. The predicted octanol–water partition coefficient (Wildman–Crippen LogP) is 1.32. The Labute approximate surface area is 126 Å². The van der Waals surface area contributed by atoms with Gasteiger partial charge in [0.25, 0.3) is 0 Å². The molecular formula is C15H25N5O. The van der Waals surface area contributed by atoms with Crippen LogP contribution in [0.4, 0.5) is 11.8 Å². The van der Waals surface area contributed by atoms with Crippen molar-refractivity contribution in [1.29, 1.82) is 0 Å². The van der Waals surface area contributed by atoms with Gasteiger partial charge < -0.3 is 20.7 Å². The highest BCUT2D eigenvalue weighted by Crippen LogP contribution is 2.23. The summed E-state index contributed by atoms with van der Waals surface area (Å²) in [6, 6.07) is 2.55. The highest BCUT2D eigenvalue weighted by atomic mass is 16.5. The molecule has 2 fully saturated rings. The van der Waals surface area contributed by atoms with Gasteiger partial charge >= 0.3 is 0 Å². The Hall–Kier alpha value is -1.40. The third-order valence-electron chi connectivity index (χ3n) is 4.42. The lowest BCUT2D eigenvalue weighted by molar-refractivity contribution is 0.0153. The second-order valence-corrected chi connectivity index (χ2v) is 6.04.